The van der Waals surface area contributed by atoms with E-state index in [1.807, 2.05) is 0 Å². The highest BCUT2D eigenvalue weighted by molar-refractivity contribution is 5.94. The molecule has 0 saturated heterocycles. The van der Waals surface area contributed by atoms with Gasteiger partial charge in [-0.2, -0.15) is 0 Å². The summed E-state index contributed by atoms with van der Waals surface area (Å²) in [7, 11) is 0. The number of carbonyl (C=O) groups is 1. The Morgan fingerprint density at radius 3 is 2.86 bits per heavy atom. The number of carbonyl (C=O) groups excluding carboxylic acids is 1. The summed E-state index contributed by atoms with van der Waals surface area (Å²) in [4.78, 5) is 11.4. The first kappa shape index (κ1) is 9.06. The van der Waals surface area contributed by atoms with Crippen molar-refractivity contribution in [2.24, 2.45) is 5.92 Å². The van der Waals surface area contributed by atoms with Crippen LogP contribution in [-0.4, -0.2) is 11.0 Å². The maximum Gasteiger partial charge on any atom is 0.227 e. The quantitative estimate of drug-likeness (QED) is 0.751. The number of anilines is 1. The predicted octanol–water partition coefficient (Wildman–Crippen LogP) is 2.05. The SMILES string of the molecule is Cc1c(O)cccc1NC(=O)C1CC1. The molecular formula is C11H13NO2. The molecule has 0 heterocycles. The van der Waals surface area contributed by atoms with E-state index >= 15 is 0 Å². The largest absolute Gasteiger partial charge is 0.508 e. The topological polar surface area (TPSA) is 49.3 Å². The molecule has 2 N–H and O–H groups in total. The summed E-state index contributed by atoms with van der Waals surface area (Å²) in [6, 6.07) is 5.14. The van der Waals surface area contributed by atoms with Crippen molar-refractivity contribution in [2.75, 3.05) is 5.32 Å². The number of hydrogen-bond donors (Lipinski definition) is 2. The molecule has 0 bridgehead atoms. The molecular weight excluding hydrogens is 178 g/mol. The smallest absolute Gasteiger partial charge is 0.227 e. The molecule has 0 radical (unpaired) electrons. The molecule has 3 heteroatoms. The van der Waals surface area contributed by atoms with Crippen LogP contribution in [0.25, 0.3) is 0 Å². The first-order valence-electron chi connectivity index (χ1n) is 4.78. The Labute approximate surface area is 82.8 Å². The molecule has 1 aromatic rings. The molecule has 1 aliphatic carbocycles. The van der Waals surface area contributed by atoms with Crippen molar-refractivity contribution >= 4 is 11.6 Å². The first-order chi connectivity index (χ1) is 6.68. The van der Waals surface area contributed by atoms with Crippen LogP contribution < -0.4 is 5.32 Å². The van der Waals surface area contributed by atoms with Crippen LogP contribution in [0.15, 0.2) is 18.2 Å². The third kappa shape index (κ3) is 1.71. The minimum atomic E-state index is 0.0682. The van der Waals surface area contributed by atoms with Crippen molar-refractivity contribution in [2.45, 2.75) is 19.8 Å². The average molecular weight is 191 g/mol. The standard InChI is InChI=1S/C11H13NO2/c1-7-9(3-2-4-10(7)13)12-11(14)8-5-6-8/h2-4,8,13H,5-6H2,1H3,(H,12,14). The van der Waals surface area contributed by atoms with Gasteiger partial charge < -0.3 is 10.4 Å². The van der Waals surface area contributed by atoms with Crippen molar-refractivity contribution in [3.8, 4) is 5.75 Å². The second-order valence-corrected chi connectivity index (χ2v) is 3.71. The maximum atomic E-state index is 11.4. The monoisotopic (exact) mass is 191 g/mol. The molecule has 0 aromatic heterocycles. The molecule has 74 valence electrons. The zero-order valence-corrected chi connectivity index (χ0v) is 8.08. The van der Waals surface area contributed by atoms with Gasteiger partial charge in [0.25, 0.3) is 0 Å². The molecule has 0 unspecified atom stereocenters. The highest BCUT2D eigenvalue weighted by atomic mass is 16.3. The molecule has 1 aromatic carbocycles. The molecule has 0 aliphatic heterocycles. The molecule has 0 atom stereocenters. The fourth-order valence-corrected chi connectivity index (χ4v) is 1.34. The van der Waals surface area contributed by atoms with E-state index in [9.17, 15) is 9.90 Å². The Bertz CT molecular complexity index is 370. The molecule has 1 aliphatic rings. The zero-order valence-electron chi connectivity index (χ0n) is 8.08. The summed E-state index contributed by atoms with van der Waals surface area (Å²) >= 11 is 0. The first-order valence-corrected chi connectivity index (χ1v) is 4.78. The van der Waals surface area contributed by atoms with Crippen molar-refractivity contribution in [1.29, 1.82) is 0 Å². The number of phenolic OH excluding ortho intramolecular Hbond substituents is 1. The van der Waals surface area contributed by atoms with Crippen LogP contribution in [0.3, 0.4) is 0 Å². The molecule has 2 rings (SSSR count). The number of aromatic hydroxyl groups is 1. The number of hydrogen-bond acceptors (Lipinski definition) is 2. The van der Waals surface area contributed by atoms with Gasteiger partial charge in [0.05, 0.1) is 0 Å². The normalized spacial score (nSPS) is 15.2. The van der Waals surface area contributed by atoms with Gasteiger partial charge in [-0.3, -0.25) is 4.79 Å². The molecule has 1 saturated carbocycles. The van der Waals surface area contributed by atoms with Crippen molar-refractivity contribution in [3.05, 3.63) is 23.8 Å². The summed E-state index contributed by atoms with van der Waals surface area (Å²) in [6.07, 6.45) is 1.98. The maximum absolute atomic E-state index is 11.4. The summed E-state index contributed by atoms with van der Waals surface area (Å²) < 4.78 is 0. The van der Waals surface area contributed by atoms with Crippen LogP contribution in [0, 0.1) is 12.8 Å². The highest BCUT2D eigenvalue weighted by Crippen LogP contribution is 2.31. The summed E-state index contributed by atoms with van der Waals surface area (Å²) in [5, 5.41) is 12.2. The van der Waals surface area contributed by atoms with E-state index in [-0.39, 0.29) is 17.6 Å². The van der Waals surface area contributed by atoms with E-state index in [1.54, 1.807) is 25.1 Å². The van der Waals surface area contributed by atoms with Crippen molar-refractivity contribution < 1.29 is 9.90 Å². The lowest BCUT2D eigenvalue weighted by atomic mass is 10.2. The molecule has 14 heavy (non-hydrogen) atoms. The van der Waals surface area contributed by atoms with E-state index < -0.39 is 0 Å². The van der Waals surface area contributed by atoms with Gasteiger partial charge in [-0.25, -0.2) is 0 Å². The Morgan fingerprint density at radius 2 is 2.21 bits per heavy atom. The number of phenols is 1. The van der Waals surface area contributed by atoms with Gasteiger partial charge in [-0.1, -0.05) is 6.07 Å². The summed E-state index contributed by atoms with van der Waals surface area (Å²) in [6.45, 7) is 1.79. The lowest BCUT2D eigenvalue weighted by Gasteiger charge is -2.08. The number of amides is 1. The van der Waals surface area contributed by atoms with Crippen LogP contribution in [0.5, 0.6) is 5.75 Å². The minimum absolute atomic E-state index is 0.0682. The average Bonchev–Trinajstić information content (AvgIpc) is 2.95. The van der Waals surface area contributed by atoms with E-state index in [2.05, 4.69) is 5.32 Å². The number of nitrogens with one attached hydrogen (secondary N) is 1. The van der Waals surface area contributed by atoms with Gasteiger partial charge in [-0.15, -0.1) is 0 Å². The second-order valence-electron chi connectivity index (χ2n) is 3.71. The second kappa shape index (κ2) is 3.33. The van der Waals surface area contributed by atoms with Gasteiger partial charge in [0.1, 0.15) is 5.75 Å². The van der Waals surface area contributed by atoms with Crippen molar-refractivity contribution in [3.63, 3.8) is 0 Å². The van der Waals surface area contributed by atoms with E-state index in [0.29, 0.717) is 5.69 Å². The van der Waals surface area contributed by atoms with Crippen LogP contribution in [0.1, 0.15) is 18.4 Å². The van der Waals surface area contributed by atoms with E-state index in [4.69, 9.17) is 0 Å². The molecule has 1 fully saturated rings. The van der Waals surface area contributed by atoms with Gasteiger partial charge in [0.2, 0.25) is 5.91 Å². The molecule has 0 spiro atoms. The van der Waals surface area contributed by atoms with E-state index in [1.165, 1.54) is 0 Å². The van der Waals surface area contributed by atoms with Gasteiger partial charge in [0.15, 0.2) is 0 Å². The summed E-state index contributed by atoms with van der Waals surface area (Å²) in [5.41, 5.74) is 1.43. The van der Waals surface area contributed by atoms with Crippen LogP contribution in [0.4, 0.5) is 5.69 Å². The summed E-state index contributed by atoms with van der Waals surface area (Å²) in [5.74, 6) is 0.481. The highest BCUT2D eigenvalue weighted by Gasteiger charge is 2.29. The van der Waals surface area contributed by atoms with Gasteiger partial charge >= 0.3 is 0 Å². The predicted molar refractivity (Wildman–Crippen MR) is 54.2 cm³/mol. The van der Waals surface area contributed by atoms with Crippen LogP contribution in [0.2, 0.25) is 0 Å². The van der Waals surface area contributed by atoms with Gasteiger partial charge in [0, 0.05) is 17.2 Å². The Balaban J connectivity index is 2.15. The third-order valence-corrected chi connectivity index (χ3v) is 2.51. The minimum Gasteiger partial charge on any atom is -0.508 e. The Kier molecular flexibility index (Phi) is 2.15. The van der Waals surface area contributed by atoms with E-state index in [0.717, 1.165) is 18.4 Å². The fraction of sp³-hybridized carbons (Fsp3) is 0.364. The fourth-order valence-electron chi connectivity index (χ4n) is 1.34. The number of rotatable bonds is 2. The lowest BCUT2D eigenvalue weighted by molar-refractivity contribution is -0.117. The molecule has 3 nitrogen and oxygen atoms in total. The van der Waals surface area contributed by atoms with Gasteiger partial charge in [-0.05, 0) is 31.9 Å². The number of benzene rings is 1. The van der Waals surface area contributed by atoms with Crippen LogP contribution >= 0.6 is 0 Å². The third-order valence-electron chi connectivity index (χ3n) is 2.51. The van der Waals surface area contributed by atoms with Crippen LogP contribution in [-0.2, 0) is 4.79 Å². The molecule has 1 amide bonds. The Hall–Kier alpha value is -1.51. The zero-order chi connectivity index (χ0) is 10.1. The van der Waals surface area contributed by atoms with Crippen molar-refractivity contribution in [1.82, 2.24) is 0 Å². The Morgan fingerprint density at radius 1 is 1.50 bits per heavy atom. The lowest BCUT2D eigenvalue weighted by Crippen LogP contribution is -2.13.